The van der Waals surface area contributed by atoms with Gasteiger partial charge >= 0.3 is 4.87 Å². The molecular weight excluding hydrogens is 508 g/mol. The Balaban J connectivity index is 0.00000181. The zero-order chi connectivity index (χ0) is 21.1. The molecule has 1 aliphatic heterocycles. The molecule has 176 valence electrons. The summed E-state index contributed by atoms with van der Waals surface area (Å²) in [6, 6.07) is 12.2. The third kappa shape index (κ3) is 6.86. The number of nitrogens with zero attached hydrogens (tertiary/aromatic N) is 3. The summed E-state index contributed by atoms with van der Waals surface area (Å²) in [5.74, 6) is 0. The molecule has 4 nitrogen and oxygen atoms in total. The highest BCUT2D eigenvalue weighted by Crippen LogP contribution is 2.23. The van der Waals surface area contributed by atoms with Gasteiger partial charge in [0.2, 0.25) is 0 Å². The Hall–Kier alpha value is -0.790. The minimum absolute atomic E-state index is 0. The van der Waals surface area contributed by atoms with Crippen molar-refractivity contribution in [2.45, 2.75) is 25.8 Å². The van der Waals surface area contributed by atoms with Crippen LogP contribution in [0.3, 0.4) is 0 Å². The van der Waals surface area contributed by atoms with Crippen molar-refractivity contribution in [3.8, 4) is 0 Å². The third-order valence-electron chi connectivity index (χ3n) is 5.92. The predicted molar refractivity (Wildman–Crippen MR) is 143 cm³/mol. The number of aromatic nitrogens is 1. The molecule has 1 saturated heterocycles. The normalized spacial score (nSPS) is 14.8. The molecule has 0 unspecified atom stereocenters. The smallest absolute Gasteiger partial charge is 0.302 e. The van der Waals surface area contributed by atoms with E-state index in [2.05, 4.69) is 28.0 Å². The topological polar surface area (TPSA) is 28.5 Å². The van der Waals surface area contributed by atoms with Gasteiger partial charge in [0.1, 0.15) is 0 Å². The summed E-state index contributed by atoms with van der Waals surface area (Å²) in [5.41, 5.74) is 3.51. The standard InChI is InChI=1S/C23H27Cl2N3OS.2ClH/c1-26-21-8-5-17(14-22(21)30-23(26)29)4-2-3-9-27-10-12-28(13-11-27)16-18-6-7-19(24)15-20(18)25;;/h5-8,14-15H,2-4,9-13,16H2,1H3;2*1H. The van der Waals surface area contributed by atoms with Crippen LogP contribution in [-0.4, -0.2) is 47.1 Å². The minimum atomic E-state index is 0. The Labute approximate surface area is 215 Å². The Kier molecular flexibility index (Phi) is 10.8. The molecule has 1 aliphatic rings. The number of thiazole rings is 1. The molecule has 2 heterocycles. The van der Waals surface area contributed by atoms with Crippen molar-refractivity contribution in [1.82, 2.24) is 14.4 Å². The van der Waals surface area contributed by atoms with Crippen molar-refractivity contribution >= 4 is 69.6 Å². The monoisotopic (exact) mass is 535 g/mol. The Morgan fingerprint density at radius 2 is 1.66 bits per heavy atom. The summed E-state index contributed by atoms with van der Waals surface area (Å²) in [6.45, 7) is 6.39. The second-order valence-electron chi connectivity index (χ2n) is 8.04. The van der Waals surface area contributed by atoms with Gasteiger partial charge in [0, 0.05) is 49.8 Å². The van der Waals surface area contributed by atoms with Crippen molar-refractivity contribution in [3.05, 3.63) is 67.2 Å². The minimum Gasteiger partial charge on any atom is -0.302 e. The number of piperazine rings is 1. The van der Waals surface area contributed by atoms with Crippen molar-refractivity contribution in [2.75, 3.05) is 32.7 Å². The van der Waals surface area contributed by atoms with Gasteiger partial charge in [0.15, 0.2) is 0 Å². The first-order chi connectivity index (χ1) is 14.5. The van der Waals surface area contributed by atoms with Crippen LogP contribution >= 0.6 is 59.4 Å². The molecule has 0 saturated carbocycles. The number of fused-ring (bicyclic) bond motifs is 1. The third-order valence-corrected chi connectivity index (χ3v) is 7.50. The van der Waals surface area contributed by atoms with Crippen LogP contribution in [0, 0.1) is 0 Å². The Morgan fingerprint density at radius 1 is 0.938 bits per heavy atom. The van der Waals surface area contributed by atoms with E-state index in [1.807, 2.05) is 25.2 Å². The second-order valence-corrected chi connectivity index (χ2v) is 9.88. The maximum absolute atomic E-state index is 11.8. The van der Waals surface area contributed by atoms with Crippen LogP contribution in [0.25, 0.3) is 10.2 Å². The van der Waals surface area contributed by atoms with Crippen molar-refractivity contribution < 1.29 is 0 Å². The van der Waals surface area contributed by atoms with E-state index >= 15 is 0 Å². The zero-order valence-electron chi connectivity index (χ0n) is 18.1. The fourth-order valence-corrected chi connectivity index (χ4v) is 5.47. The lowest BCUT2D eigenvalue weighted by Crippen LogP contribution is -2.46. The number of aryl methyl sites for hydroxylation is 2. The number of rotatable bonds is 7. The molecule has 0 amide bonds. The fraction of sp³-hybridized carbons (Fsp3) is 0.435. The molecule has 0 bridgehead atoms. The van der Waals surface area contributed by atoms with Gasteiger partial charge in [-0.3, -0.25) is 9.69 Å². The van der Waals surface area contributed by atoms with Crippen molar-refractivity contribution in [1.29, 1.82) is 0 Å². The van der Waals surface area contributed by atoms with Crippen molar-refractivity contribution in [3.63, 3.8) is 0 Å². The average Bonchev–Trinajstić information content (AvgIpc) is 3.02. The maximum atomic E-state index is 11.8. The van der Waals surface area contributed by atoms with Gasteiger partial charge in [-0.2, -0.15) is 0 Å². The van der Waals surface area contributed by atoms with Crippen LogP contribution in [0.1, 0.15) is 24.0 Å². The summed E-state index contributed by atoms with van der Waals surface area (Å²) in [4.78, 5) is 16.9. The molecule has 0 N–H and O–H groups in total. The first kappa shape index (κ1) is 27.5. The molecule has 2 aromatic carbocycles. The van der Waals surface area contributed by atoms with E-state index in [9.17, 15) is 4.79 Å². The van der Waals surface area contributed by atoms with Gasteiger partial charge in [-0.05, 0) is 61.2 Å². The largest absolute Gasteiger partial charge is 0.307 e. The molecule has 4 rings (SSSR count). The van der Waals surface area contributed by atoms with Crippen LogP contribution in [-0.2, 0) is 20.0 Å². The average molecular weight is 537 g/mol. The fourth-order valence-electron chi connectivity index (χ4n) is 4.06. The van der Waals surface area contributed by atoms with Gasteiger partial charge in [-0.15, -0.1) is 24.8 Å². The summed E-state index contributed by atoms with van der Waals surface area (Å²) in [6.07, 6.45) is 3.45. The van der Waals surface area contributed by atoms with Gasteiger partial charge < -0.3 is 9.47 Å². The van der Waals surface area contributed by atoms with Crippen LogP contribution in [0.15, 0.2) is 41.2 Å². The molecular formula is C23H29Cl4N3OS. The van der Waals surface area contributed by atoms with Crippen molar-refractivity contribution in [2.24, 2.45) is 7.05 Å². The molecule has 32 heavy (non-hydrogen) atoms. The van der Waals surface area contributed by atoms with E-state index < -0.39 is 0 Å². The second kappa shape index (κ2) is 12.6. The number of benzene rings is 2. The highest BCUT2D eigenvalue weighted by atomic mass is 35.5. The molecule has 0 spiro atoms. The first-order valence-corrected chi connectivity index (χ1v) is 12.0. The molecule has 0 radical (unpaired) electrons. The van der Waals surface area contributed by atoms with Gasteiger partial charge in [-0.25, -0.2) is 0 Å². The van der Waals surface area contributed by atoms with Gasteiger partial charge in [-0.1, -0.05) is 46.7 Å². The lowest BCUT2D eigenvalue weighted by Gasteiger charge is -2.34. The van der Waals surface area contributed by atoms with Crippen LogP contribution < -0.4 is 4.87 Å². The number of unbranched alkanes of at least 4 members (excludes halogenated alkanes) is 1. The van der Waals surface area contributed by atoms with E-state index in [0.29, 0.717) is 5.02 Å². The van der Waals surface area contributed by atoms with Gasteiger partial charge in [0.05, 0.1) is 10.2 Å². The molecule has 1 fully saturated rings. The Morgan fingerprint density at radius 3 is 2.38 bits per heavy atom. The predicted octanol–water partition coefficient (Wildman–Crippen LogP) is 5.89. The van der Waals surface area contributed by atoms with Crippen LogP contribution in [0.5, 0.6) is 0 Å². The van der Waals surface area contributed by atoms with Crippen LogP contribution in [0.2, 0.25) is 10.0 Å². The molecule has 0 aliphatic carbocycles. The number of halogens is 4. The van der Waals surface area contributed by atoms with E-state index in [0.717, 1.165) is 66.5 Å². The summed E-state index contributed by atoms with van der Waals surface area (Å²) < 4.78 is 2.82. The highest BCUT2D eigenvalue weighted by molar-refractivity contribution is 7.16. The molecule has 1 aromatic heterocycles. The van der Waals surface area contributed by atoms with E-state index in [4.69, 9.17) is 23.2 Å². The lowest BCUT2D eigenvalue weighted by molar-refractivity contribution is 0.126. The maximum Gasteiger partial charge on any atom is 0.307 e. The van der Waals surface area contributed by atoms with Gasteiger partial charge in [0.25, 0.3) is 0 Å². The highest BCUT2D eigenvalue weighted by Gasteiger charge is 2.17. The van der Waals surface area contributed by atoms with E-state index in [1.165, 1.54) is 29.7 Å². The molecule has 9 heteroatoms. The summed E-state index contributed by atoms with van der Waals surface area (Å²) in [5, 5.41) is 1.44. The lowest BCUT2D eigenvalue weighted by atomic mass is 10.1. The first-order valence-electron chi connectivity index (χ1n) is 10.5. The zero-order valence-corrected chi connectivity index (χ0v) is 22.0. The number of hydrogen-bond acceptors (Lipinski definition) is 4. The molecule has 0 atom stereocenters. The molecule has 3 aromatic rings. The summed E-state index contributed by atoms with van der Waals surface area (Å²) >= 11 is 13.6. The Bertz CT molecular complexity index is 1080. The SMILES string of the molecule is Cl.Cl.Cn1c(=O)sc2cc(CCCCN3CCN(Cc4ccc(Cl)cc4Cl)CC3)ccc21. The van der Waals surface area contributed by atoms with E-state index in [1.54, 1.807) is 4.57 Å². The summed E-state index contributed by atoms with van der Waals surface area (Å²) in [7, 11) is 1.84. The van der Waals surface area contributed by atoms with E-state index in [-0.39, 0.29) is 29.7 Å². The quantitative estimate of drug-likeness (QED) is 0.352. The number of hydrogen-bond donors (Lipinski definition) is 0. The van der Waals surface area contributed by atoms with Crippen LogP contribution in [0.4, 0.5) is 0 Å².